The molecule has 0 saturated heterocycles. The topological polar surface area (TPSA) is 61.8 Å². The van der Waals surface area contributed by atoms with Crippen LogP contribution in [0.15, 0.2) is 70.7 Å². The highest BCUT2D eigenvalue weighted by Crippen LogP contribution is 2.37. The van der Waals surface area contributed by atoms with Crippen molar-refractivity contribution in [2.75, 3.05) is 11.6 Å². The summed E-state index contributed by atoms with van der Waals surface area (Å²) in [4.78, 5) is -0.107. The molecule has 0 saturated carbocycles. The summed E-state index contributed by atoms with van der Waals surface area (Å²) >= 11 is 6.08. The highest BCUT2D eigenvalue weighted by Gasteiger charge is 2.30. The van der Waals surface area contributed by atoms with Crippen LogP contribution in [0.25, 0.3) is 0 Å². The molecule has 1 atom stereocenters. The average Bonchev–Trinajstić information content (AvgIpc) is 3.19. The van der Waals surface area contributed by atoms with Crippen LogP contribution in [0, 0.1) is 26.6 Å². The van der Waals surface area contributed by atoms with Gasteiger partial charge < -0.3 is 0 Å². The van der Waals surface area contributed by atoms with Crippen molar-refractivity contribution in [2.45, 2.75) is 38.1 Å². The van der Waals surface area contributed by atoms with Crippen LogP contribution >= 0.6 is 11.6 Å². The summed E-state index contributed by atoms with van der Waals surface area (Å²) in [6.07, 6.45) is 0.541. The van der Waals surface area contributed by atoms with Crippen molar-refractivity contribution in [3.05, 3.63) is 93.8 Å². The third kappa shape index (κ3) is 5.11. The zero-order valence-corrected chi connectivity index (χ0v) is 20.2. The van der Waals surface area contributed by atoms with Crippen LogP contribution in [0.3, 0.4) is 0 Å². The molecule has 1 aliphatic heterocycles. The summed E-state index contributed by atoms with van der Waals surface area (Å²) in [6.45, 7) is 5.69. The van der Waals surface area contributed by atoms with Crippen LogP contribution in [0.2, 0.25) is 5.02 Å². The number of rotatable bonds is 6. The number of anilines is 1. The van der Waals surface area contributed by atoms with E-state index in [4.69, 9.17) is 16.7 Å². The molecule has 8 heteroatoms. The highest BCUT2D eigenvalue weighted by atomic mass is 35.5. The van der Waals surface area contributed by atoms with Crippen LogP contribution < -0.4 is 9.73 Å². The largest absolute Gasteiger partial charge is 0.257 e. The molecule has 0 bridgehead atoms. The summed E-state index contributed by atoms with van der Waals surface area (Å²) in [5.74, 6) is -0.556. The summed E-state index contributed by atoms with van der Waals surface area (Å²) in [6, 6.07) is 17.5. The number of hydrogen-bond donors (Lipinski definition) is 1. The number of hydrazone groups is 1. The van der Waals surface area contributed by atoms with E-state index in [-0.39, 0.29) is 17.5 Å². The van der Waals surface area contributed by atoms with Gasteiger partial charge in [-0.25, -0.2) is 17.5 Å². The summed E-state index contributed by atoms with van der Waals surface area (Å²) in [5, 5.41) is 7.36. The number of hydrogen-bond acceptors (Lipinski definition) is 4. The predicted octanol–water partition coefficient (Wildman–Crippen LogP) is 5.69. The quantitative estimate of drug-likeness (QED) is 0.488. The minimum absolute atomic E-state index is 0.0311. The van der Waals surface area contributed by atoms with Crippen molar-refractivity contribution in [1.29, 1.82) is 0 Å². The molecule has 3 aromatic rings. The first-order chi connectivity index (χ1) is 15.6. The average molecular weight is 486 g/mol. The minimum Gasteiger partial charge on any atom is -0.257 e. The Kier molecular flexibility index (Phi) is 6.56. The van der Waals surface area contributed by atoms with E-state index in [1.165, 1.54) is 12.1 Å². The lowest BCUT2D eigenvalue weighted by molar-refractivity contribution is 0.580. The lowest BCUT2D eigenvalue weighted by atomic mass is 10.0. The Hall–Kier alpha value is -2.74. The molecule has 5 nitrogen and oxygen atoms in total. The van der Waals surface area contributed by atoms with E-state index < -0.39 is 15.8 Å². The smallest absolute Gasteiger partial charge is 0.241 e. The first-order valence-electron chi connectivity index (χ1n) is 10.6. The molecule has 0 aromatic heterocycles. The minimum atomic E-state index is -3.88. The number of halogens is 2. The summed E-state index contributed by atoms with van der Waals surface area (Å²) in [5.41, 5.74) is 5.30. The zero-order valence-electron chi connectivity index (χ0n) is 18.6. The Morgan fingerprint density at radius 2 is 1.76 bits per heavy atom. The molecular formula is C25H25ClFN3O2S. The van der Waals surface area contributed by atoms with E-state index in [0.717, 1.165) is 28.4 Å². The number of sulfonamides is 1. The van der Waals surface area contributed by atoms with E-state index >= 15 is 0 Å². The fourth-order valence-corrected chi connectivity index (χ4v) is 5.07. The normalized spacial score (nSPS) is 16.2. The fraction of sp³-hybridized carbons (Fsp3) is 0.240. The van der Waals surface area contributed by atoms with Crippen LogP contribution in [-0.4, -0.2) is 20.7 Å². The van der Waals surface area contributed by atoms with Crippen LogP contribution in [0.1, 0.15) is 34.7 Å². The first-order valence-corrected chi connectivity index (χ1v) is 12.4. The van der Waals surface area contributed by atoms with Crippen molar-refractivity contribution in [3.63, 3.8) is 0 Å². The SMILES string of the molecule is Cc1ccc(N2N=C(CNS(=O)(=O)c3ccc(C)c(F)c3)CC2c2ccc(Cl)cc2)c(C)c1. The van der Waals surface area contributed by atoms with E-state index in [9.17, 15) is 12.8 Å². The van der Waals surface area contributed by atoms with E-state index in [2.05, 4.69) is 10.8 Å². The van der Waals surface area contributed by atoms with Gasteiger partial charge in [0, 0.05) is 11.4 Å². The molecule has 0 aliphatic carbocycles. The van der Waals surface area contributed by atoms with Gasteiger partial charge in [-0.3, -0.25) is 5.01 Å². The molecule has 0 fully saturated rings. The van der Waals surface area contributed by atoms with Gasteiger partial charge in [-0.2, -0.15) is 5.10 Å². The van der Waals surface area contributed by atoms with Gasteiger partial charge in [-0.1, -0.05) is 47.5 Å². The van der Waals surface area contributed by atoms with Gasteiger partial charge in [-0.05, 0) is 67.8 Å². The van der Waals surface area contributed by atoms with Crippen LogP contribution in [0.5, 0.6) is 0 Å². The molecule has 33 heavy (non-hydrogen) atoms. The molecule has 1 N–H and O–H groups in total. The molecule has 172 valence electrons. The maximum Gasteiger partial charge on any atom is 0.241 e. The van der Waals surface area contributed by atoms with Gasteiger partial charge in [0.2, 0.25) is 10.0 Å². The molecule has 3 aromatic carbocycles. The number of nitrogens with one attached hydrogen (secondary N) is 1. The zero-order chi connectivity index (χ0) is 23.8. The van der Waals surface area contributed by atoms with Crippen molar-refractivity contribution in [3.8, 4) is 0 Å². The van der Waals surface area contributed by atoms with Crippen molar-refractivity contribution in [2.24, 2.45) is 5.10 Å². The second-order valence-electron chi connectivity index (χ2n) is 8.31. The molecule has 1 unspecified atom stereocenters. The van der Waals surface area contributed by atoms with Gasteiger partial charge in [0.1, 0.15) is 5.82 Å². The van der Waals surface area contributed by atoms with E-state index in [1.807, 2.05) is 55.3 Å². The fourth-order valence-electron chi connectivity index (χ4n) is 3.91. The first kappa shape index (κ1) is 23.4. The number of aryl methyl sites for hydroxylation is 3. The second-order valence-corrected chi connectivity index (χ2v) is 10.5. The number of nitrogens with zero attached hydrogens (tertiary/aromatic N) is 2. The lowest BCUT2D eigenvalue weighted by Gasteiger charge is -2.25. The predicted molar refractivity (Wildman–Crippen MR) is 131 cm³/mol. The van der Waals surface area contributed by atoms with Crippen molar-refractivity contribution < 1.29 is 12.8 Å². The van der Waals surface area contributed by atoms with E-state index in [1.54, 1.807) is 6.92 Å². The van der Waals surface area contributed by atoms with Gasteiger partial charge in [0.25, 0.3) is 0 Å². The summed E-state index contributed by atoms with van der Waals surface area (Å²) in [7, 11) is -3.88. The van der Waals surface area contributed by atoms with Gasteiger partial charge in [-0.15, -0.1) is 0 Å². The standard InChI is InChI=1S/C25H25ClFN3O2S/c1-16-4-11-24(18(3)12-16)30-25(19-6-8-20(26)9-7-19)13-21(29-30)15-28-33(31,32)22-10-5-17(2)23(27)14-22/h4-12,14,25,28H,13,15H2,1-3H3. The Labute approximate surface area is 198 Å². The molecule has 4 rings (SSSR count). The Bertz CT molecular complexity index is 1320. The van der Waals surface area contributed by atoms with E-state index in [0.29, 0.717) is 22.7 Å². The maximum absolute atomic E-state index is 13.9. The molecule has 0 amide bonds. The van der Waals surface area contributed by atoms with Crippen LogP contribution in [0.4, 0.5) is 10.1 Å². The van der Waals surface area contributed by atoms with Crippen LogP contribution in [-0.2, 0) is 10.0 Å². The molecule has 0 spiro atoms. The Balaban J connectivity index is 1.61. The Morgan fingerprint density at radius 3 is 2.42 bits per heavy atom. The lowest BCUT2D eigenvalue weighted by Crippen LogP contribution is -2.29. The third-order valence-corrected chi connectivity index (χ3v) is 7.40. The second kappa shape index (κ2) is 9.25. The van der Waals surface area contributed by atoms with Gasteiger partial charge in [0.05, 0.1) is 28.9 Å². The molecule has 1 heterocycles. The highest BCUT2D eigenvalue weighted by molar-refractivity contribution is 7.89. The Morgan fingerprint density at radius 1 is 1.03 bits per heavy atom. The third-order valence-electron chi connectivity index (χ3n) is 5.75. The van der Waals surface area contributed by atoms with Gasteiger partial charge >= 0.3 is 0 Å². The molecular weight excluding hydrogens is 461 g/mol. The summed E-state index contributed by atoms with van der Waals surface area (Å²) < 4.78 is 41.9. The molecule has 1 aliphatic rings. The number of benzene rings is 3. The van der Waals surface area contributed by atoms with Crippen molar-refractivity contribution >= 4 is 33.0 Å². The maximum atomic E-state index is 13.9. The molecule has 0 radical (unpaired) electrons. The monoisotopic (exact) mass is 485 g/mol. The van der Waals surface area contributed by atoms with Crippen molar-refractivity contribution in [1.82, 2.24) is 4.72 Å². The van der Waals surface area contributed by atoms with Gasteiger partial charge in [0.15, 0.2) is 0 Å².